The third kappa shape index (κ3) is 1.41. The van der Waals surface area contributed by atoms with Gasteiger partial charge in [-0.2, -0.15) is 5.21 Å². The second-order valence-electron chi connectivity index (χ2n) is 2.14. The number of hydrogen-bond acceptors (Lipinski definition) is 5. The number of aromatic amines is 1. The fourth-order valence-corrected chi connectivity index (χ4v) is 1.52. The third-order valence-electron chi connectivity index (χ3n) is 1.33. The molecule has 2 rings (SSSR count). The van der Waals surface area contributed by atoms with Crippen molar-refractivity contribution in [1.82, 2.24) is 25.2 Å². The van der Waals surface area contributed by atoms with Gasteiger partial charge in [-0.3, -0.25) is 4.98 Å². The van der Waals surface area contributed by atoms with Gasteiger partial charge >= 0.3 is 0 Å². The van der Waals surface area contributed by atoms with Gasteiger partial charge in [0.1, 0.15) is 0 Å². The smallest absolute Gasteiger partial charge is 0.238 e. The van der Waals surface area contributed by atoms with Crippen LogP contribution in [0, 0.1) is 4.77 Å². The van der Waals surface area contributed by atoms with Gasteiger partial charge in [0, 0.05) is 11.1 Å². The van der Waals surface area contributed by atoms with E-state index in [0.29, 0.717) is 11.3 Å². The maximum atomic E-state index is 4.90. The monoisotopic (exact) mass is 199 g/mol. The van der Waals surface area contributed by atoms with E-state index in [9.17, 15) is 0 Å². The van der Waals surface area contributed by atoms with Gasteiger partial charge in [-0.05, 0) is 12.2 Å². The first-order chi connectivity index (χ1) is 5.86. The molecule has 0 unspecified atom stereocenters. The van der Waals surface area contributed by atoms with Crippen LogP contribution in [0.15, 0.2) is 11.7 Å². The predicted molar refractivity (Wildman–Crippen MR) is 46.4 cm³/mol. The van der Waals surface area contributed by atoms with E-state index in [1.54, 1.807) is 27.7 Å². The summed E-state index contributed by atoms with van der Waals surface area (Å²) in [6, 6.07) is 0. The topological polar surface area (TPSA) is 59.4 Å². The molecule has 62 valence electrons. The van der Waals surface area contributed by atoms with Crippen LogP contribution in [0.4, 0.5) is 0 Å². The van der Waals surface area contributed by atoms with E-state index in [1.807, 2.05) is 0 Å². The van der Waals surface area contributed by atoms with Gasteiger partial charge in [-0.25, -0.2) is 4.68 Å². The van der Waals surface area contributed by atoms with Crippen molar-refractivity contribution in [3.63, 3.8) is 0 Å². The number of tetrazole rings is 1. The molecule has 0 saturated carbocycles. The molecule has 5 nitrogen and oxygen atoms in total. The lowest BCUT2D eigenvalue weighted by Crippen LogP contribution is -2.00. The number of rotatable bonds is 2. The van der Waals surface area contributed by atoms with Crippen LogP contribution in [0.1, 0.15) is 4.88 Å². The molecular formula is C5H5N5S2. The number of nitrogens with zero attached hydrogens (tertiary/aromatic N) is 4. The molecule has 12 heavy (non-hydrogen) atoms. The third-order valence-corrected chi connectivity index (χ3v) is 2.40. The van der Waals surface area contributed by atoms with Crippen LogP contribution in [-0.4, -0.2) is 25.2 Å². The van der Waals surface area contributed by atoms with Crippen molar-refractivity contribution in [1.29, 1.82) is 0 Å². The van der Waals surface area contributed by atoms with E-state index >= 15 is 0 Å². The fourth-order valence-electron chi connectivity index (χ4n) is 0.795. The zero-order valence-corrected chi connectivity index (χ0v) is 7.60. The maximum Gasteiger partial charge on any atom is 0.238 e. The number of hydrogen-bond donors (Lipinski definition) is 1. The Labute approximate surface area is 77.1 Å². The zero-order valence-electron chi connectivity index (χ0n) is 5.97. The van der Waals surface area contributed by atoms with Gasteiger partial charge in [0.15, 0.2) is 0 Å². The second kappa shape index (κ2) is 3.11. The quantitative estimate of drug-likeness (QED) is 0.728. The maximum absolute atomic E-state index is 4.90. The fraction of sp³-hybridized carbons (Fsp3) is 0.200. The van der Waals surface area contributed by atoms with Gasteiger partial charge in [0.25, 0.3) is 0 Å². The van der Waals surface area contributed by atoms with E-state index in [4.69, 9.17) is 12.2 Å². The van der Waals surface area contributed by atoms with Gasteiger partial charge in [-0.15, -0.1) is 11.3 Å². The molecular weight excluding hydrogens is 194 g/mol. The van der Waals surface area contributed by atoms with E-state index in [1.165, 1.54) is 0 Å². The molecule has 0 atom stereocenters. The molecule has 0 radical (unpaired) electrons. The summed E-state index contributed by atoms with van der Waals surface area (Å²) in [5.41, 5.74) is 1.78. The Morgan fingerprint density at radius 3 is 3.17 bits per heavy atom. The average Bonchev–Trinajstić information content (AvgIpc) is 2.65. The molecule has 0 aliphatic carbocycles. The molecule has 7 heteroatoms. The first kappa shape index (κ1) is 7.56. The van der Waals surface area contributed by atoms with Crippen LogP contribution in [-0.2, 0) is 6.54 Å². The number of thiazole rings is 1. The lowest BCUT2D eigenvalue weighted by atomic mass is 10.5. The van der Waals surface area contributed by atoms with Gasteiger partial charge in [0.2, 0.25) is 4.77 Å². The summed E-state index contributed by atoms with van der Waals surface area (Å²) >= 11 is 6.48. The SMILES string of the molecule is S=c1nn[nH]n1Cc1cncs1. The van der Waals surface area contributed by atoms with Crippen molar-refractivity contribution < 1.29 is 0 Å². The molecule has 0 aromatic carbocycles. The van der Waals surface area contributed by atoms with E-state index < -0.39 is 0 Å². The van der Waals surface area contributed by atoms with E-state index in [2.05, 4.69) is 20.5 Å². The molecule has 0 amide bonds. The summed E-state index contributed by atoms with van der Waals surface area (Å²) in [6.07, 6.45) is 1.80. The first-order valence-electron chi connectivity index (χ1n) is 3.21. The van der Waals surface area contributed by atoms with Crippen molar-refractivity contribution in [2.45, 2.75) is 6.54 Å². The first-order valence-corrected chi connectivity index (χ1v) is 4.50. The van der Waals surface area contributed by atoms with Gasteiger partial charge in [-0.1, -0.05) is 10.3 Å². The summed E-state index contributed by atoms with van der Waals surface area (Å²) < 4.78 is 2.14. The Morgan fingerprint density at radius 2 is 2.58 bits per heavy atom. The predicted octanol–water partition coefficient (Wildman–Crippen LogP) is 0.840. The Bertz CT molecular complexity index is 399. The van der Waals surface area contributed by atoms with E-state index in [-0.39, 0.29) is 0 Å². The molecule has 0 aliphatic heterocycles. The lowest BCUT2D eigenvalue weighted by Gasteiger charge is -1.94. The minimum atomic E-state index is 0.461. The molecule has 0 aliphatic rings. The number of aromatic nitrogens is 5. The summed E-state index contributed by atoms with van der Waals surface area (Å²) in [5, 5.41) is 9.90. The second-order valence-corrected chi connectivity index (χ2v) is 3.47. The minimum Gasteiger partial charge on any atom is -0.253 e. The van der Waals surface area contributed by atoms with Crippen LogP contribution >= 0.6 is 23.6 Å². The molecule has 2 aromatic heterocycles. The Balaban J connectivity index is 2.25. The molecule has 0 spiro atoms. The Morgan fingerprint density at radius 1 is 1.67 bits per heavy atom. The largest absolute Gasteiger partial charge is 0.253 e. The normalized spacial score (nSPS) is 10.3. The van der Waals surface area contributed by atoms with Crippen molar-refractivity contribution in [3.05, 3.63) is 21.4 Å². The molecule has 2 aromatic rings. The van der Waals surface area contributed by atoms with Crippen molar-refractivity contribution in [2.24, 2.45) is 0 Å². The summed E-state index contributed by atoms with van der Waals surface area (Å²) in [5.74, 6) is 0. The van der Waals surface area contributed by atoms with Gasteiger partial charge in [0.05, 0.1) is 12.1 Å². The molecule has 0 saturated heterocycles. The summed E-state index contributed by atoms with van der Waals surface area (Å²) in [6.45, 7) is 0.663. The minimum absolute atomic E-state index is 0.461. The van der Waals surface area contributed by atoms with E-state index in [0.717, 1.165) is 4.88 Å². The molecule has 0 bridgehead atoms. The van der Waals surface area contributed by atoms with Crippen LogP contribution in [0.5, 0.6) is 0 Å². The van der Waals surface area contributed by atoms with Crippen LogP contribution in [0.25, 0.3) is 0 Å². The van der Waals surface area contributed by atoms with Crippen molar-refractivity contribution in [3.8, 4) is 0 Å². The highest BCUT2D eigenvalue weighted by molar-refractivity contribution is 7.71. The zero-order chi connectivity index (χ0) is 8.39. The number of H-pyrrole nitrogens is 1. The molecule has 2 heterocycles. The summed E-state index contributed by atoms with van der Waals surface area (Å²) in [7, 11) is 0. The van der Waals surface area contributed by atoms with Crippen molar-refractivity contribution in [2.75, 3.05) is 0 Å². The highest BCUT2D eigenvalue weighted by Gasteiger charge is 1.98. The van der Waals surface area contributed by atoms with Crippen LogP contribution in [0.2, 0.25) is 0 Å². The highest BCUT2D eigenvalue weighted by Crippen LogP contribution is 2.06. The number of nitrogens with one attached hydrogen (secondary N) is 1. The highest BCUT2D eigenvalue weighted by atomic mass is 32.1. The average molecular weight is 199 g/mol. The van der Waals surface area contributed by atoms with Gasteiger partial charge < -0.3 is 0 Å². The lowest BCUT2D eigenvalue weighted by molar-refractivity contribution is 0.647. The van der Waals surface area contributed by atoms with Crippen molar-refractivity contribution >= 4 is 23.6 Å². The Kier molecular flexibility index (Phi) is 1.96. The van der Waals surface area contributed by atoms with Crippen LogP contribution < -0.4 is 0 Å². The van der Waals surface area contributed by atoms with Crippen LogP contribution in [0.3, 0.4) is 0 Å². The Hall–Kier alpha value is -1.08. The summed E-state index contributed by atoms with van der Waals surface area (Å²) in [4.78, 5) is 5.07. The molecule has 1 N–H and O–H groups in total. The molecule has 0 fully saturated rings. The standard InChI is InChI=1S/C5H5N5S2/c11-5-7-8-9-10(5)2-4-1-6-3-12-4/h1,3H,2H2,(H,7,9,11).